The van der Waals surface area contributed by atoms with E-state index in [0.717, 1.165) is 38.1 Å². The van der Waals surface area contributed by atoms with Crippen molar-refractivity contribution in [2.24, 2.45) is 11.3 Å². The van der Waals surface area contributed by atoms with E-state index in [1.165, 1.54) is 19.4 Å². The van der Waals surface area contributed by atoms with Gasteiger partial charge < -0.3 is 9.69 Å². The first-order valence-electron chi connectivity index (χ1n) is 6.32. The highest BCUT2D eigenvalue weighted by Crippen LogP contribution is 2.31. The molecule has 1 saturated carbocycles. The molecule has 1 atom stereocenters. The van der Waals surface area contributed by atoms with Crippen LogP contribution in [0.4, 0.5) is 0 Å². The fraction of sp³-hybridized carbons (Fsp3) is 0.923. The number of aldehydes is 1. The normalized spacial score (nSPS) is 20.3. The summed E-state index contributed by atoms with van der Waals surface area (Å²) in [6.07, 6.45) is 6.05. The average molecular weight is 211 g/mol. The third-order valence-electron chi connectivity index (χ3n) is 3.35. The van der Waals surface area contributed by atoms with Gasteiger partial charge in [0, 0.05) is 18.5 Å². The second-order valence-electron chi connectivity index (χ2n) is 5.29. The Balaban J connectivity index is 2.41. The first kappa shape index (κ1) is 12.7. The lowest BCUT2D eigenvalue weighted by molar-refractivity contribution is -0.116. The highest BCUT2D eigenvalue weighted by molar-refractivity contribution is 5.58. The van der Waals surface area contributed by atoms with Crippen LogP contribution in [0.5, 0.6) is 0 Å². The largest absolute Gasteiger partial charge is 0.303 e. The molecular weight excluding hydrogens is 186 g/mol. The predicted molar refractivity (Wildman–Crippen MR) is 63.9 cm³/mol. The molecule has 0 amide bonds. The fourth-order valence-corrected chi connectivity index (χ4v) is 2.23. The Labute approximate surface area is 94.0 Å². The Kier molecular flexibility index (Phi) is 4.78. The van der Waals surface area contributed by atoms with Crippen LogP contribution in [0.15, 0.2) is 0 Å². The number of rotatable bonds is 8. The smallest absolute Gasteiger partial charge is 0.127 e. The molecule has 1 rings (SSSR count). The van der Waals surface area contributed by atoms with Crippen LogP contribution in [0.25, 0.3) is 0 Å². The van der Waals surface area contributed by atoms with Gasteiger partial charge in [-0.25, -0.2) is 0 Å². The van der Waals surface area contributed by atoms with Crippen LogP contribution in [0.3, 0.4) is 0 Å². The quantitative estimate of drug-likeness (QED) is 0.575. The molecule has 1 fully saturated rings. The van der Waals surface area contributed by atoms with E-state index in [1.807, 2.05) is 0 Å². The van der Waals surface area contributed by atoms with E-state index in [2.05, 4.69) is 25.7 Å². The Morgan fingerprint density at radius 3 is 2.47 bits per heavy atom. The minimum absolute atomic E-state index is 0.125. The molecule has 0 aromatic rings. The van der Waals surface area contributed by atoms with Gasteiger partial charge in [0.05, 0.1) is 0 Å². The zero-order valence-corrected chi connectivity index (χ0v) is 10.5. The van der Waals surface area contributed by atoms with Gasteiger partial charge in [-0.1, -0.05) is 27.2 Å². The molecule has 0 aromatic carbocycles. The van der Waals surface area contributed by atoms with Crippen LogP contribution in [0.2, 0.25) is 0 Å². The van der Waals surface area contributed by atoms with Crippen molar-refractivity contribution in [1.29, 1.82) is 0 Å². The lowest BCUT2D eigenvalue weighted by Crippen LogP contribution is -2.38. The number of nitrogens with zero attached hydrogens (tertiary/aromatic N) is 1. The predicted octanol–water partition coefficient (Wildman–Crippen LogP) is 2.72. The Hall–Kier alpha value is -0.370. The van der Waals surface area contributed by atoms with Gasteiger partial charge >= 0.3 is 0 Å². The van der Waals surface area contributed by atoms with E-state index in [9.17, 15) is 4.79 Å². The van der Waals surface area contributed by atoms with Gasteiger partial charge in [0.2, 0.25) is 0 Å². The number of carbonyl (C=O) groups is 1. The van der Waals surface area contributed by atoms with Crippen molar-refractivity contribution in [2.45, 2.75) is 46.5 Å². The summed E-state index contributed by atoms with van der Waals surface area (Å²) in [6.45, 7) is 9.65. The molecule has 0 N–H and O–H groups in total. The molecule has 2 nitrogen and oxygen atoms in total. The van der Waals surface area contributed by atoms with Gasteiger partial charge in [-0.3, -0.25) is 0 Å². The molecule has 1 aliphatic rings. The van der Waals surface area contributed by atoms with E-state index in [0.29, 0.717) is 0 Å². The van der Waals surface area contributed by atoms with E-state index in [4.69, 9.17) is 0 Å². The van der Waals surface area contributed by atoms with Crippen LogP contribution in [0.1, 0.15) is 46.5 Å². The fourth-order valence-electron chi connectivity index (χ4n) is 2.23. The summed E-state index contributed by atoms with van der Waals surface area (Å²) in [5.41, 5.74) is -0.125. The zero-order chi connectivity index (χ0) is 11.3. The molecule has 0 heterocycles. The SMILES string of the molecule is CCCC(C)(C=O)CN(CC)CC1CC1. The van der Waals surface area contributed by atoms with E-state index in [1.54, 1.807) is 0 Å². The number of hydrogen-bond donors (Lipinski definition) is 0. The van der Waals surface area contributed by atoms with E-state index >= 15 is 0 Å². The molecule has 15 heavy (non-hydrogen) atoms. The Morgan fingerprint density at radius 2 is 2.07 bits per heavy atom. The monoisotopic (exact) mass is 211 g/mol. The van der Waals surface area contributed by atoms with Crippen molar-refractivity contribution >= 4 is 6.29 Å². The summed E-state index contributed by atoms with van der Waals surface area (Å²) in [7, 11) is 0. The third kappa shape index (κ3) is 4.33. The zero-order valence-electron chi connectivity index (χ0n) is 10.5. The van der Waals surface area contributed by atoms with Crippen LogP contribution < -0.4 is 0 Å². The van der Waals surface area contributed by atoms with Crippen molar-refractivity contribution in [3.05, 3.63) is 0 Å². The van der Waals surface area contributed by atoms with Gasteiger partial charge in [0.15, 0.2) is 0 Å². The molecule has 0 saturated heterocycles. The van der Waals surface area contributed by atoms with Crippen LogP contribution in [-0.2, 0) is 4.79 Å². The first-order chi connectivity index (χ1) is 7.13. The topological polar surface area (TPSA) is 20.3 Å². The molecule has 0 bridgehead atoms. The summed E-state index contributed by atoms with van der Waals surface area (Å²) >= 11 is 0. The first-order valence-corrected chi connectivity index (χ1v) is 6.32. The summed E-state index contributed by atoms with van der Waals surface area (Å²) < 4.78 is 0. The Morgan fingerprint density at radius 1 is 1.40 bits per heavy atom. The number of hydrogen-bond acceptors (Lipinski definition) is 2. The molecule has 0 aromatic heterocycles. The third-order valence-corrected chi connectivity index (χ3v) is 3.35. The average Bonchev–Trinajstić information content (AvgIpc) is 3.01. The molecular formula is C13H25NO. The standard InChI is InChI=1S/C13H25NO/c1-4-8-13(3,11-15)10-14(5-2)9-12-6-7-12/h11-12H,4-10H2,1-3H3. The van der Waals surface area contributed by atoms with Crippen molar-refractivity contribution in [2.75, 3.05) is 19.6 Å². The van der Waals surface area contributed by atoms with Gasteiger partial charge in [-0.2, -0.15) is 0 Å². The van der Waals surface area contributed by atoms with Gasteiger partial charge in [-0.15, -0.1) is 0 Å². The Bertz CT molecular complexity index is 201. The van der Waals surface area contributed by atoms with Crippen molar-refractivity contribution in [3.8, 4) is 0 Å². The molecule has 0 radical (unpaired) electrons. The number of carbonyl (C=O) groups excluding carboxylic acids is 1. The lowest BCUT2D eigenvalue weighted by Gasteiger charge is -2.30. The maximum atomic E-state index is 11.1. The van der Waals surface area contributed by atoms with Crippen LogP contribution in [0, 0.1) is 11.3 Å². The van der Waals surface area contributed by atoms with Crippen molar-refractivity contribution in [1.82, 2.24) is 4.90 Å². The van der Waals surface area contributed by atoms with Gasteiger partial charge in [0.25, 0.3) is 0 Å². The second kappa shape index (κ2) is 5.64. The summed E-state index contributed by atoms with van der Waals surface area (Å²) in [5, 5.41) is 0. The molecule has 2 heteroatoms. The molecule has 1 unspecified atom stereocenters. The second-order valence-corrected chi connectivity index (χ2v) is 5.29. The maximum absolute atomic E-state index is 11.1. The van der Waals surface area contributed by atoms with E-state index < -0.39 is 0 Å². The molecule has 88 valence electrons. The highest BCUT2D eigenvalue weighted by Gasteiger charge is 2.29. The summed E-state index contributed by atoms with van der Waals surface area (Å²) in [4.78, 5) is 13.6. The van der Waals surface area contributed by atoms with E-state index in [-0.39, 0.29) is 5.41 Å². The minimum Gasteiger partial charge on any atom is -0.303 e. The molecule has 0 spiro atoms. The summed E-state index contributed by atoms with van der Waals surface area (Å²) in [6, 6.07) is 0. The highest BCUT2D eigenvalue weighted by atomic mass is 16.1. The van der Waals surface area contributed by atoms with Crippen molar-refractivity contribution in [3.63, 3.8) is 0 Å². The maximum Gasteiger partial charge on any atom is 0.127 e. The van der Waals surface area contributed by atoms with Crippen molar-refractivity contribution < 1.29 is 4.79 Å². The lowest BCUT2D eigenvalue weighted by atomic mass is 9.86. The van der Waals surface area contributed by atoms with Gasteiger partial charge in [0.1, 0.15) is 6.29 Å². The summed E-state index contributed by atoms with van der Waals surface area (Å²) in [5.74, 6) is 0.919. The minimum atomic E-state index is -0.125. The van der Waals surface area contributed by atoms with Crippen LogP contribution >= 0.6 is 0 Å². The van der Waals surface area contributed by atoms with Gasteiger partial charge in [-0.05, 0) is 31.7 Å². The van der Waals surface area contributed by atoms with Crippen LogP contribution in [-0.4, -0.2) is 30.8 Å². The molecule has 0 aliphatic heterocycles. The molecule has 1 aliphatic carbocycles.